The summed E-state index contributed by atoms with van der Waals surface area (Å²) in [5, 5.41) is 3.56. The van der Waals surface area contributed by atoms with Crippen molar-refractivity contribution in [2.24, 2.45) is 5.92 Å². The second kappa shape index (κ2) is 5.53. The van der Waals surface area contributed by atoms with E-state index in [1.54, 1.807) is 0 Å². The molecule has 1 aliphatic heterocycles. The van der Waals surface area contributed by atoms with Crippen molar-refractivity contribution in [2.75, 3.05) is 26.2 Å². The molecule has 1 unspecified atom stereocenters. The third-order valence-electron chi connectivity index (χ3n) is 3.34. The standard InChI is InChI=1S/C12H22N2O2/c1-2-16-12(15)14-7-3-4-11(9-14)13-8-10-5-6-10/h10-11,13H,2-9H2,1H3. The average Bonchev–Trinajstić information content (AvgIpc) is 3.11. The minimum atomic E-state index is -0.152. The number of ether oxygens (including phenoxy) is 1. The van der Waals surface area contributed by atoms with Crippen molar-refractivity contribution < 1.29 is 9.53 Å². The number of piperidine rings is 1. The molecule has 0 aromatic carbocycles. The molecule has 1 heterocycles. The van der Waals surface area contributed by atoms with Gasteiger partial charge in [-0.3, -0.25) is 0 Å². The van der Waals surface area contributed by atoms with E-state index in [-0.39, 0.29) is 6.09 Å². The summed E-state index contributed by atoms with van der Waals surface area (Å²) in [7, 11) is 0. The molecule has 1 atom stereocenters. The van der Waals surface area contributed by atoms with Gasteiger partial charge in [-0.1, -0.05) is 0 Å². The smallest absolute Gasteiger partial charge is 0.409 e. The first kappa shape index (κ1) is 11.7. The van der Waals surface area contributed by atoms with Crippen molar-refractivity contribution in [3.63, 3.8) is 0 Å². The van der Waals surface area contributed by atoms with Crippen molar-refractivity contribution in [1.29, 1.82) is 0 Å². The van der Waals surface area contributed by atoms with Gasteiger partial charge in [0.2, 0.25) is 0 Å². The molecule has 0 aromatic heterocycles. The van der Waals surface area contributed by atoms with Crippen molar-refractivity contribution in [3.05, 3.63) is 0 Å². The Labute approximate surface area is 97.3 Å². The molecule has 1 saturated carbocycles. The Bertz CT molecular complexity index is 241. The summed E-state index contributed by atoms with van der Waals surface area (Å²) in [6.45, 7) is 5.10. The second-order valence-corrected chi connectivity index (χ2v) is 4.84. The molecular formula is C12H22N2O2. The van der Waals surface area contributed by atoms with Crippen LogP contribution in [-0.4, -0.2) is 43.3 Å². The van der Waals surface area contributed by atoms with E-state index in [1.165, 1.54) is 19.3 Å². The lowest BCUT2D eigenvalue weighted by Crippen LogP contribution is -2.48. The summed E-state index contributed by atoms with van der Waals surface area (Å²) in [4.78, 5) is 13.4. The van der Waals surface area contributed by atoms with E-state index < -0.39 is 0 Å². The molecular weight excluding hydrogens is 204 g/mol. The molecule has 0 bridgehead atoms. The van der Waals surface area contributed by atoms with Gasteiger partial charge in [0.25, 0.3) is 0 Å². The fourth-order valence-corrected chi connectivity index (χ4v) is 2.18. The maximum Gasteiger partial charge on any atom is 0.409 e. The Morgan fingerprint density at radius 3 is 2.94 bits per heavy atom. The maximum absolute atomic E-state index is 11.6. The van der Waals surface area contributed by atoms with Gasteiger partial charge in [0.15, 0.2) is 0 Å². The summed E-state index contributed by atoms with van der Waals surface area (Å²) in [5.74, 6) is 0.901. The quantitative estimate of drug-likeness (QED) is 0.791. The van der Waals surface area contributed by atoms with Crippen LogP contribution in [0.5, 0.6) is 0 Å². The summed E-state index contributed by atoms with van der Waals surface area (Å²) in [5.41, 5.74) is 0. The number of hydrogen-bond acceptors (Lipinski definition) is 3. The van der Waals surface area contributed by atoms with E-state index in [4.69, 9.17) is 4.74 Å². The number of nitrogens with zero attached hydrogens (tertiary/aromatic N) is 1. The highest BCUT2D eigenvalue weighted by molar-refractivity contribution is 5.67. The third-order valence-corrected chi connectivity index (χ3v) is 3.34. The van der Waals surface area contributed by atoms with E-state index in [2.05, 4.69) is 5.32 Å². The van der Waals surface area contributed by atoms with Crippen molar-refractivity contribution >= 4 is 6.09 Å². The number of rotatable bonds is 4. The van der Waals surface area contributed by atoms with Gasteiger partial charge in [-0.05, 0) is 45.1 Å². The zero-order valence-corrected chi connectivity index (χ0v) is 10.1. The van der Waals surface area contributed by atoms with Gasteiger partial charge in [0.05, 0.1) is 6.61 Å². The average molecular weight is 226 g/mol. The highest BCUT2D eigenvalue weighted by Crippen LogP contribution is 2.28. The number of carbonyl (C=O) groups is 1. The van der Waals surface area contributed by atoms with E-state index in [1.807, 2.05) is 11.8 Å². The first-order valence-electron chi connectivity index (χ1n) is 6.44. The minimum absolute atomic E-state index is 0.152. The van der Waals surface area contributed by atoms with Gasteiger partial charge in [-0.15, -0.1) is 0 Å². The molecule has 1 N–H and O–H groups in total. The lowest BCUT2D eigenvalue weighted by molar-refractivity contribution is 0.0928. The molecule has 2 fully saturated rings. The zero-order chi connectivity index (χ0) is 11.4. The Balaban J connectivity index is 1.71. The molecule has 1 saturated heterocycles. The van der Waals surface area contributed by atoms with Crippen molar-refractivity contribution in [3.8, 4) is 0 Å². The van der Waals surface area contributed by atoms with Crippen LogP contribution in [0.3, 0.4) is 0 Å². The Hall–Kier alpha value is -0.770. The van der Waals surface area contributed by atoms with Crippen LogP contribution < -0.4 is 5.32 Å². The third kappa shape index (κ3) is 3.37. The molecule has 1 amide bonds. The summed E-state index contributed by atoms with van der Waals surface area (Å²) in [6, 6.07) is 0.471. The minimum Gasteiger partial charge on any atom is -0.450 e. The zero-order valence-electron chi connectivity index (χ0n) is 10.1. The highest BCUT2D eigenvalue weighted by atomic mass is 16.6. The number of amides is 1. The van der Waals surface area contributed by atoms with Crippen LogP contribution in [0.25, 0.3) is 0 Å². The van der Waals surface area contributed by atoms with Gasteiger partial charge >= 0.3 is 6.09 Å². The fraction of sp³-hybridized carbons (Fsp3) is 0.917. The van der Waals surface area contributed by atoms with Gasteiger partial charge in [0.1, 0.15) is 0 Å². The first-order valence-corrected chi connectivity index (χ1v) is 6.44. The van der Waals surface area contributed by atoms with Crippen LogP contribution in [0.4, 0.5) is 4.79 Å². The Morgan fingerprint density at radius 1 is 1.44 bits per heavy atom. The number of likely N-dealkylation sites (tertiary alicyclic amines) is 1. The number of nitrogens with one attached hydrogen (secondary N) is 1. The summed E-state index contributed by atoms with van der Waals surface area (Å²) < 4.78 is 5.03. The lowest BCUT2D eigenvalue weighted by Gasteiger charge is -2.32. The van der Waals surface area contributed by atoms with Gasteiger partial charge in [-0.25, -0.2) is 4.79 Å². The summed E-state index contributed by atoms with van der Waals surface area (Å²) >= 11 is 0. The van der Waals surface area contributed by atoms with Crippen LogP contribution in [-0.2, 0) is 4.74 Å². The Kier molecular flexibility index (Phi) is 4.04. The van der Waals surface area contributed by atoms with E-state index in [9.17, 15) is 4.79 Å². The second-order valence-electron chi connectivity index (χ2n) is 4.84. The number of carbonyl (C=O) groups excluding carboxylic acids is 1. The molecule has 2 aliphatic rings. The van der Waals surface area contributed by atoms with Crippen molar-refractivity contribution in [1.82, 2.24) is 10.2 Å². The molecule has 4 nitrogen and oxygen atoms in total. The van der Waals surface area contributed by atoms with Crippen molar-refractivity contribution in [2.45, 2.75) is 38.6 Å². The van der Waals surface area contributed by atoms with E-state index >= 15 is 0 Å². The molecule has 4 heteroatoms. The topological polar surface area (TPSA) is 41.6 Å². The fourth-order valence-electron chi connectivity index (χ4n) is 2.18. The molecule has 1 aliphatic carbocycles. The molecule has 92 valence electrons. The largest absolute Gasteiger partial charge is 0.450 e. The molecule has 16 heavy (non-hydrogen) atoms. The maximum atomic E-state index is 11.6. The molecule has 0 spiro atoms. The van der Waals surface area contributed by atoms with Gasteiger partial charge in [0, 0.05) is 19.1 Å². The molecule has 2 rings (SSSR count). The van der Waals surface area contributed by atoms with E-state index in [0.717, 1.165) is 32.0 Å². The lowest BCUT2D eigenvalue weighted by atomic mass is 10.1. The van der Waals surface area contributed by atoms with E-state index in [0.29, 0.717) is 12.6 Å². The summed E-state index contributed by atoms with van der Waals surface area (Å²) in [6.07, 6.45) is 4.87. The van der Waals surface area contributed by atoms with Crippen LogP contribution in [0, 0.1) is 5.92 Å². The SMILES string of the molecule is CCOC(=O)N1CCCC(NCC2CC2)C1. The monoisotopic (exact) mass is 226 g/mol. The predicted octanol–water partition coefficient (Wildman–Crippen LogP) is 1.61. The molecule has 0 radical (unpaired) electrons. The first-order chi connectivity index (χ1) is 7.79. The normalized spacial score (nSPS) is 25.6. The highest BCUT2D eigenvalue weighted by Gasteiger charge is 2.26. The van der Waals surface area contributed by atoms with Crippen LogP contribution >= 0.6 is 0 Å². The Morgan fingerprint density at radius 2 is 2.25 bits per heavy atom. The van der Waals surface area contributed by atoms with Crippen LogP contribution in [0.15, 0.2) is 0 Å². The van der Waals surface area contributed by atoms with Gasteiger partial charge in [-0.2, -0.15) is 0 Å². The van der Waals surface area contributed by atoms with Gasteiger partial charge < -0.3 is 15.0 Å². The predicted molar refractivity (Wildman–Crippen MR) is 62.3 cm³/mol. The van der Waals surface area contributed by atoms with Crippen LogP contribution in [0.1, 0.15) is 32.6 Å². The van der Waals surface area contributed by atoms with Crippen LogP contribution in [0.2, 0.25) is 0 Å². The molecule has 0 aromatic rings. The number of hydrogen-bond donors (Lipinski definition) is 1.